The lowest BCUT2D eigenvalue weighted by Gasteiger charge is -2.55. The summed E-state index contributed by atoms with van der Waals surface area (Å²) in [5, 5.41) is 55.8. The van der Waals surface area contributed by atoms with Crippen LogP contribution in [0, 0.1) is 5.92 Å². The molecule has 5 N–H and O–H groups in total. The van der Waals surface area contributed by atoms with Gasteiger partial charge in [-0.3, -0.25) is 0 Å². The van der Waals surface area contributed by atoms with Crippen molar-refractivity contribution in [2.75, 3.05) is 0 Å². The van der Waals surface area contributed by atoms with Crippen LogP contribution in [-0.4, -0.2) is 25.5 Å². The number of furan rings is 1. The summed E-state index contributed by atoms with van der Waals surface area (Å²) in [4.78, 5) is 0. The zero-order valence-corrected chi connectivity index (χ0v) is 26.1. The quantitative estimate of drug-likeness (QED) is 0.125. The molecule has 3 heterocycles. The minimum atomic E-state index is -1.61. The number of benzene rings is 4. The number of hydrogen-bond acceptors (Lipinski definition) is 8. The minimum Gasteiger partial charge on any atom is -0.508 e. The van der Waals surface area contributed by atoms with Crippen molar-refractivity contribution < 1.29 is 39.4 Å². The molecule has 0 saturated heterocycles. The molecule has 238 valence electrons. The number of aromatic hydroxyl groups is 5. The van der Waals surface area contributed by atoms with Crippen LogP contribution in [0.4, 0.5) is 0 Å². The molecule has 0 saturated carbocycles. The molecule has 2 aliphatic heterocycles. The predicted molar refractivity (Wildman–Crippen MR) is 176 cm³/mol. The van der Waals surface area contributed by atoms with E-state index in [0.717, 1.165) is 22.1 Å². The van der Waals surface area contributed by atoms with Crippen LogP contribution in [0.1, 0.15) is 61.3 Å². The Kier molecular flexibility index (Phi) is 6.31. The van der Waals surface area contributed by atoms with E-state index in [9.17, 15) is 25.5 Å². The minimum absolute atomic E-state index is 0.0276. The van der Waals surface area contributed by atoms with Crippen LogP contribution in [0.25, 0.3) is 22.3 Å². The van der Waals surface area contributed by atoms with Crippen molar-refractivity contribution in [2.45, 2.75) is 51.2 Å². The van der Waals surface area contributed by atoms with Gasteiger partial charge >= 0.3 is 0 Å². The second-order valence-electron chi connectivity index (χ2n) is 13.2. The third-order valence-electron chi connectivity index (χ3n) is 9.77. The first-order valence-corrected chi connectivity index (χ1v) is 15.7. The van der Waals surface area contributed by atoms with E-state index < -0.39 is 11.7 Å². The zero-order chi connectivity index (χ0) is 32.8. The van der Waals surface area contributed by atoms with Crippen LogP contribution in [0.15, 0.2) is 94.4 Å². The molecule has 4 atom stereocenters. The lowest BCUT2D eigenvalue weighted by atomic mass is 9.61. The van der Waals surface area contributed by atoms with Gasteiger partial charge < -0.3 is 39.4 Å². The molecule has 5 aromatic rings. The Morgan fingerprint density at radius 3 is 2.43 bits per heavy atom. The molecule has 0 amide bonds. The fraction of sp³-hybridized carbons (Fsp3) is 0.231. The normalized spacial score (nSPS) is 22.3. The molecule has 0 fully saturated rings. The Hall–Kier alpha value is -5.50. The van der Waals surface area contributed by atoms with E-state index in [4.69, 9.17) is 13.9 Å². The van der Waals surface area contributed by atoms with Gasteiger partial charge in [0.15, 0.2) is 0 Å². The van der Waals surface area contributed by atoms with E-state index in [1.807, 2.05) is 32.1 Å². The molecule has 8 nitrogen and oxygen atoms in total. The molecule has 3 aliphatic rings. The molecule has 8 heteroatoms. The maximum atomic E-state index is 11.9. The third kappa shape index (κ3) is 4.42. The monoisotopic (exact) mass is 630 g/mol. The Bertz CT molecular complexity index is 2170. The van der Waals surface area contributed by atoms with Crippen LogP contribution in [0.5, 0.6) is 40.2 Å². The zero-order valence-electron chi connectivity index (χ0n) is 26.1. The molecule has 4 aromatic carbocycles. The van der Waals surface area contributed by atoms with Crippen LogP contribution < -0.4 is 9.47 Å². The Balaban J connectivity index is 1.38. The highest BCUT2D eigenvalue weighted by Gasteiger charge is 2.62. The van der Waals surface area contributed by atoms with Gasteiger partial charge in [-0.25, -0.2) is 0 Å². The van der Waals surface area contributed by atoms with Crippen molar-refractivity contribution in [1.29, 1.82) is 0 Å². The highest BCUT2D eigenvalue weighted by atomic mass is 16.7. The molecule has 8 rings (SSSR count). The van der Waals surface area contributed by atoms with Gasteiger partial charge in [0, 0.05) is 46.0 Å². The Morgan fingerprint density at radius 1 is 0.851 bits per heavy atom. The van der Waals surface area contributed by atoms with E-state index in [-0.39, 0.29) is 40.6 Å². The summed E-state index contributed by atoms with van der Waals surface area (Å²) in [6.45, 7) is 5.96. The summed E-state index contributed by atoms with van der Waals surface area (Å²) in [6, 6.07) is 18.4. The maximum absolute atomic E-state index is 11.9. The average Bonchev–Trinajstić information content (AvgIpc) is 3.43. The lowest BCUT2D eigenvalue weighted by Crippen LogP contribution is -2.56. The summed E-state index contributed by atoms with van der Waals surface area (Å²) in [7, 11) is 0. The van der Waals surface area contributed by atoms with E-state index in [1.165, 1.54) is 6.07 Å². The van der Waals surface area contributed by atoms with Crippen molar-refractivity contribution in [2.24, 2.45) is 5.92 Å². The molecule has 0 radical (unpaired) electrons. The molecular formula is C39H34O8. The number of hydrogen-bond donors (Lipinski definition) is 5. The molecule has 1 aromatic heterocycles. The van der Waals surface area contributed by atoms with Gasteiger partial charge in [0.25, 0.3) is 5.79 Å². The van der Waals surface area contributed by atoms with Crippen molar-refractivity contribution in [3.8, 4) is 51.6 Å². The van der Waals surface area contributed by atoms with Crippen LogP contribution in [-0.2, 0) is 12.2 Å². The first-order chi connectivity index (χ1) is 22.5. The second-order valence-corrected chi connectivity index (χ2v) is 13.2. The summed E-state index contributed by atoms with van der Waals surface area (Å²) in [5.74, 6) is -1.39. The van der Waals surface area contributed by atoms with Crippen molar-refractivity contribution in [3.05, 3.63) is 112 Å². The fourth-order valence-corrected chi connectivity index (χ4v) is 7.71. The number of phenolic OH excluding ortho intramolecular Hbond substituents is 5. The fourth-order valence-electron chi connectivity index (χ4n) is 7.71. The Labute approximate surface area is 271 Å². The number of ether oxygens (including phenoxy) is 2. The average molecular weight is 631 g/mol. The molecule has 1 aliphatic carbocycles. The van der Waals surface area contributed by atoms with Gasteiger partial charge in [-0.1, -0.05) is 29.4 Å². The standard InChI is InChI=1S/C39H34O8/c1-19(2)4-8-26-30(42)11-10-29(38(26)44)39-37-27(25-9-7-24(41)18-34(25)46-39)12-20(3)13-28(37)36-31(43)14-22(16-35(36)47-39)32-15-21-5-6-23(40)17-33(21)45-32/h4-7,9-11,13-18,27-28,37,40-44H,8,12H2,1-3H3/t27-,28+,37-,39+/m1/s1. The molecule has 0 spiro atoms. The number of allylic oxidation sites excluding steroid dienone is 4. The van der Waals surface area contributed by atoms with Gasteiger partial charge in [-0.05, 0) is 87.7 Å². The summed E-state index contributed by atoms with van der Waals surface area (Å²) >= 11 is 0. The van der Waals surface area contributed by atoms with Crippen LogP contribution >= 0.6 is 0 Å². The SMILES string of the molecule is CC(C)=CCc1c(O)ccc([C@]23Oc4cc(O)ccc4[C@H]4CC(C)=C[C@@H](c5c(O)cc(-c6cc7ccc(O)cc7o6)cc5O2)[C@@H]43)c1O. The Morgan fingerprint density at radius 2 is 1.62 bits per heavy atom. The number of rotatable bonds is 4. The number of fused-ring (bicyclic) bond motifs is 5. The summed E-state index contributed by atoms with van der Waals surface area (Å²) in [5.41, 5.74) is 5.38. The van der Waals surface area contributed by atoms with Gasteiger partial charge in [-0.2, -0.15) is 0 Å². The molecule has 0 unspecified atom stereocenters. The van der Waals surface area contributed by atoms with Gasteiger partial charge in [0.05, 0.1) is 11.5 Å². The highest BCUT2D eigenvalue weighted by Crippen LogP contribution is 2.65. The molecule has 47 heavy (non-hydrogen) atoms. The largest absolute Gasteiger partial charge is 0.508 e. The maximum Gasteiger partial charge on any atom is 0.285 e. The van der Waals surface area contributed by atoms with Gasteiger partial charge in [0.1, 0.15) is 51.6 Å². The van der Waals surface area contributed by atoms with Gasteiger partial charge in [0.2, 0.25) is 0 Å². The van der Waals surface area contributed by atoms with E-state index in [0.29, 0.717) is 57.9 Å². The first kappa shape index (κ1) is 28.9. The van der Waals surface area contributed by atoms with E-state index in [2.05, 4.69) is 13.0 Å². The van der Waals surface area contributed by atoms with Crippen LogP contribution in [0.2, 0.25) is 0 Å². The lowest BCUT2D eigenvalue weighted by molar-refractivity contribution is -0.198. The van der Waals surface area contributed by atoms with E-state index in [1.54, 1.807) is 48.5 Å². The first-order valence-electron chi connectivity index (χ1n) is 15.7. The van der Waals surface area contributed by atoms with Crippen LogP contribution in [0.3, 0.4) is 0 Å². The number of phenols is 5. The second kappa shape index (κ2) is 10.3. The smallest absolute Gasteiger partial charge is 0.285 e. The van der Waals surface area contributed by atoms with Crippen molar-refractivity contribution >= 4 is 11.0 Å². The molecule has 0 bridgehead atoms. The van der Waals surface area contributed by atoms with E-state index >= 15 is 0 Å². The predicted octanol–water partition coefficient (Wildman–Crippen LogP) is 8.61. The van der Waals surface area contributed by atoms with Crippen molar-refractivity contribution in [1.82, 2.24) is 0 Å². The summed E-state index contributed by atoms with van der Waals surface area (Å²) in [6.07, 6.45) is 5.03. The summed E-state index contributed by atoms with van der Waals surface area (Å²) < 4.78 is 19.9. The van der Waals surface area contributed by atoms with Crippen molar-refractivity contribution in [3.63, 3.8) is 0 Å². The highest BCUT2D eigenvalue weighted by molar-refractivity contribution is 5.84. The third-order valence-corrected chi connectivity index (χ3v) is 9.77. The molecular weight excluding hydrogens is 596 g/mol. The topological polar surface area (TPSA) is 133 Å². The van der Waals surface area contributed by atoms with Gasteiger partial charge in [-0.15, -0.1) is 0 Å².